The topological polar surface area (TPSA) is 0 Å². The van der Waals surface area contributed by atoms with Crippen molar-refractivity contribution in [1.82, 2.24) is 0 Å². The summed E-state index contributed by atoms with van der Waals surface area (Å²) in [5, 5.41) is 2.82. The highest BCUT2D eigenvalue weighted by atomic mass is 32.1. The molecular weight excluding hydrogens is 284 g/mol. The Bertz CT molecular complexity index is 1070. The maximum absolute atomic E-state index is 2.40. The first-order valence-electron chi connectivity index (χ1n) is 7.76. The van der Waals surface area contributed by atoms with E-state index in [0.717, 1.165) is 6.42 Å². The summed E-state index contributed by atoms with van der Waals surface area (Å²) >= 11 is 1.95. The van der Waals surface area contributed by atoms with E-state index in [1.54, 1.807) is 0 Å². The monoisotopic (exact) mass is 300 g/mol. The molecule has 1 aliphatic carbocycles. The van der Waals surface area contributed by atoms with Gasteiger partial charge in [0.25, 0.3) is 0 Å². The summed E-state index contributed by atoms with van der Waals surface area (Å²) in [5.41, 5.74) is 8.85. The van der Waals surface area contributed by atoms with Gasteiger partial charge in [0.2, 0.25) is 0 Å². The lowest BCUT2D eigenvalue weighted by Gasteiger charge is -2.06. The third kappa shape index (κ3) is 1.47. The van der Waals surface area contributed by atoms with E-state index < -0.39 is 0 Å². The minimum atomic E-state index is 1.09. The molecule has 0 amide bonds. The zero-order valence-electron chi connectivity index (χ0n) is 12.7. The van der Waals surface area contributed by atoms with Crippen LogP contribution in [0.5, 0.6) is 0 Å². The van der Waals surface area contributed by atoms with Crippen LogP contribution in [-0.4, -0.2) is 0 Å². The number of benzene rings is 3. The molecule has 0 atom stereocenters. The quantitative estimate of drug-likeness (QED) is 0.317. The first kappa shape index (κ1) is 12.4. The first-order valence-corrected chi connectivity index (χ1v) is 8.58. The highest BCUT2D eigenvalue weighted by Crippen LogP contribution is 2.48. The fraction of sp³-hybridized carbons (Fsp3) is 0.143. The molecule has 0 radical (unpaired) electrons. The Labute approximate surface area is 134 Å². The van der Waals surface area contributed by atoms with Gasteiger partial charge in [-0.3, -0.25) is 0 Å². The van der Waals surface area contributed by atoms with Gasteiger partial charge >= 0.3 is 0 Å². The van der Waals surface area contributed by atoms with Crippen molar-refractivity contribution in [3.8, 4) is 11.1 Å². The number of fused-ring (bicyclic) bond motifs is 7. The Morgan fingerprint density at radius 3 is 2.59 bits per heavy atom. The highest BCUT2D eigenvalue weighted by Gasteiger charge is 2.25. The van der Waals surface area contributed by atoms with Crippen molar-refractivity contribution in [2.75, 3.05) is 0 Å². The fourth-order valence-electron chi connectivity index (χ4n) is 3.89. The van der Waals surface area contributed by atoms with E-state index >= 15 is 0 Å². The second-order valence-electron chi connectivity index (χ2n) is 6.30. The van der Waals surface area contributed by atoms with Crippen LogP contribution in [0.2, 0.25) is 0 Å². The van der Waals surface area contributed by atoms with E-state index in [1.165, 1.54) is 53.6 Å². The Balaban J connectivity index is 2.00. The second-order valence-corrected chi connectivity index (χ2v) is 7.35. The number of hydrogen-bond donors (Lipinski definition) is 0. The minimum absolute atomic E-state index is 1.09. The molecule has 1 heterocycles. The number of thiophene rings is 1. The molecule has 5 rings (SSSR count). The van der Waals surface area contributed by atoms with E-state index in [-0.39, 0.29) is 0 Å². The Hall–Kier alpha value is -2.12. The van der Waals surface area contributed by atoms with Crippen molar-refractivity contribution in [3.05, 3.63) is 70.8 Å². The van der Waals surface area contributed by atoms with Crippen molar-refractivity contribution in [3.63, 3.8) is 0 Å². The summed E-state index contributed by atoms with van der Waals surface area (Å²) in [6, 6.07) is 17.9. The Kier molecular flexibility index (Phi) is 2.38. The predicted octanol–water partition coefficient (Wildman–Crippen LogP) is 6.24. The van der Waals surface area contributed by atoms with Crippen LogP contribution in [0.4, 0.5) is 0 Å². The number of hydrogen-bond acceptors (Lipinski definition) is 1. The van der Waals surface area contributed by atoms with Crippen molar-refractivity contribution in [2.45, 2.75) is 20.3 Å². The third-order valence-electron chi connectivity index (χ3n) is 5.03. The van der Waals surface area contributed by atoms with Crippen LogP contribution >= 0.6 is 11.3 Å². The molecule has 0 N–H and O–H groups in total. The minimum Gasteiger partial charge on any atom is -0.135 e. The van der Waals surface area contributed by atoms with Crippen LogP contribution in [0.25, 0.3) is 31.3 Å². The van der Waals surface area contributed by atoms with Crippen molar-refractivity contribution in [2.24, 2.45) is 0 Å². The summed E-state index contributed by atoms with van der Waals surface area (Å²) in [6.45, 7) is 4.51. The molecule has 0 unspecified atom stereocenters. The van der Waals surface area contributed by atoms with Crippen LogP contribution in [0.3, 0.4) is 0 Å². The predicted molar refractivity (Wildman–Crippen MR) is 97.0 cm³/mol. The van der Waals surface area contributed by atoms with Crippen LogP contribution in [0.15, 0.2) is 48.5 Å². The van der Waals surface area contributed by atoms with Crippen molar-refractivity contribution >= 4 is 31.5 Å². The highest BCUT2D eigenvalue weighted by molar-refractivity contribution is 7.26. The zero-order valence-corrected chi connectivity index (χ0v) is 13.6. The molecular formula is C21H16S. The second kappa shape index (κ2) is 4.21. The maximum atomic E-state index is 2.40. The molecule has 1 heteroatoms. The van der Waals surface area contributed by atoms with Gasteiger partial charge in [-0.15, -0.1) is 11.3 Å². The molecule has 3 aromatic carbocycles. The van der Waals surface area contributed by atoms with Gasteiger partial charge in [0, 0.05) is 25.7 Å². The molecule has 0 aliphatic heterocycles. The molecule has 1 aliphatic rings. The molecule has 0 saturated heterocycles. The molecule has 22 heavy (non-hydrogen) atoms. The van der Waals surface area contributed by atoms with Gasteiger partial charge in [-0.2, -0.15) is 0 Å². The third-order valence-corrected chi connectivity index (χ3v) is 6.24. The summed E-state index contributed by atoms with van der Waals surface area (Å²) in [7, 11) is 0. The lowest BCUT2D eigenvalue weighted by atomic mass is 9.98. The SMILES string of the molecule is Cc1cccc2c1Cc1c(C)cc3c(sc4ccccc43)c1-2. The van der Waals surface area contributed by atoms with Gasteiger partial charge in [-0.1, -0.05) is 36.4 Å². The molecule has 0 spiro atoms. The van der Waals surface area contributed by atoms with Crippen LogP contribution < -0.4 is 0 Å². The van der Waals surface area contributed by atoms with Crippen molar-refractivity contribution in [1.29, 1.82) is 0 Å². The molecule has 0 saturated carbocycles. The van der Waals surface area contributed by atoms with E-state index in [0.29, 0.717) is 0 Å². The van der Waals surface area contributed by atoms with E-state index in [2.05, 4.69) is 62.4 Å². The fourth-order valence-corrected chi connectivity index (χ4v) is 5.16. The molecule has 0 bridgehead atoms. The van der Waals surface area contributed by atoms with Gasteiger partial charge in [0.15, 0.2) is 0 Å². The van der Waals surface area contributed by atoms with E-state index in [4.69, 9.17) is 0 Å². The Morgan fingerprint density at radius 1 is 0.818 bits per heavy atom. The maximum Gasteiger partial charge on any atom is 0.0437 e. The van der Waals surface area contributed by atoms with Crippen LogP contribution in [-0.2, 0) is 6.42 Å². The van der Waals surface area contributed by atoms with Gasteiger partial charge < -0.3 is 0 Å². The lowest BCUT2D eigenvalue weighted by molar-refractivity contribution is 1.19. The standard InChI is InChI=1S/C21H16S/c1-12-6-5-8-15-16(12)11-17-13(2)10-18-14-7-3-4-9-19(14)22-21(18)20(15)17/h3-10H,11H2,1-2H3. The van der Waals surface area contributed by atoms with E-state index in [9.17, 15) is 0 Å². The Morgan fingerprint density at radius 2 is 1.68 bits per heavy atom. The molecule has 1 aromatic heterocycles. The summed E-state index contributed by atoms with van der Waals surface area (Å²) < 4.78 is 2.86. The number of rotatable bonds is 0. The summed E-state index contributed by atoms with van der Waals surface area (Å²) in [4.78, 5) is 0. The molecule has 106 valence electrons. The number of aryl methyl sites for hydroxylation is 2. The molecule has 4 aromatic rings. The zero-order chi connectivity index (χ0) is 14.8. The molecule has 0 fully saturated rings. The van der Waals surface area contributed by atoms with Gasteiger partial charge in [0.1, 0.15) is 0 Å². The summed E-state index contributed by atoms with van der Waals surface area (Å²) in [5.74, 6) is 0. The summed E-state index contributed by atoms with van der Waals surface area (Å²) in [6.07, 6.45) is 1.09. The van der Waals surface area contributed by atoms with Gasteiger partial charge in [0.05, 0.1) is 0 Å². The average Bonchev–Trinajstić information content (AvgIpc) is 3.07. The van der Waals surface area contributed by atoms with Gasteiger partial charge in [-0.05, 0) is 60.2 Å². The molecule has 0 nitrogen and oxygen atoms in total. The van der Waals surface area contributed by atoms with Crippen LogP contribution in [0.1, 0.15) is 22.3 Å². The van der Waals surface area contributed by atoms with Crippen molar-refractivity contribution < 1.29 is 0 Å². The van der Waals surface area contributed by atoms with E-state index in [1.807, 2.05) is 11.3 Å². The van der Waals surface area contributed by atoms with Gasteiger partial charge in [-0.25, -0.2) is 0 Å². The lowest BCUT2D eigenvalue weighted by Crippen LogP contribution is -1.87. The average molecular weight is 300 g/mol. The smallest absolute Gasteiger partial charge is 0.0437 e. The largest absolute Gasteiger partial charge is 0.135 e. The van der Waals surface area contributed by atoms with Crippen LogP contribution in [0, 0.1) is 13.8 Å². The first-order chi connectivity index (χ1) is 10.7. The normalized spacial score (nSPS) is 12.8.